The van der Waals surface area contributed by atoms with Gasteiger partial charge in [0.15, 0.2) is 5.79 Å². The Morgan fingerprint density at radius 2 is 2.16 bits per heavy atom. The van der Waals surface area contributed by atoms with E-state index >= 15 is 0 Å². The van der Waals surface area contributed by atoms with Gasteiger partial charge in [-0.25, -0.2) is 0 Å². The summed E-state index contributed by atoms with van der Waals surface area (Å²) in [6.07, 6.45) is 0.00630. The van der Waals surface area contributed by atoms with Gasteiger partial charge < -0.3 is 19.9 Å². The quantitative estimate of drug-likeness (QED) is 0.898. The number of nitrogens with one attached hydrogen (secondary N) is 1. The highest BCUT2D eigenvalue weighted by Gasteiger charge is 2.32. The van der Waals surface area contributed by atoms with Crippen molar-refractivity contribution in [2.45, 2.75) is 32.3 Å². The largest absolute Gasteiger partial charge is 0.506 e. The van der Waals surface area contributed by atoms with Crippen molar-refractivity contribution in [3.05, 3.63) is 27.7 Å². The van der Waals surface area contributed by atoms with Gasteiger partial charge in [0.05, 0.1) is 17.7 Å². The van der Waals surface area contributed by atoms with Gasteiger partial charge >= 0.3 is 0 Å². The molecule has 2 rings (SSSR count). The maximum absolute atomic E-state index is 9.81. The summed E-state index contributed by atoms with van der Waals surface area (Å²) >= 11 is 11.8. The van der Waals surface area contributed by atoms with Gasteiger partial charge in [-0.3, -0.25) is 0 Å². The fraction of sp³-hybridized carbons (Fsp3) is 0.538. The van der Waals surface area contributed by atoms with Crippen LogP contribution in [0.2, 0.25) is 10.0 Å². The third kappa shape index (κ3) is 3.97. The number of halogens is 2. The predicted octanol–water partition coefficient (Wildman–Crippen LogP) is 2.94. The van der Waals surface area contributed by atoms with Crippen molar-refractivity contribution in [3.63, 3.8) is 0 Å². The van der Waals surface area contributed by atoms with E-state index in [-0.39, 0.29) is 16.9 Å². The van der Waals surface area contributed by atoms with Crippen LogP contribution in [-0.4, -0.2) is 30.1 Å². The van der Waals surface area contributed by atoms with Crippen LogP contribution >= 0.6 is 23.2 Å². The Balaban J connectivity index is 1.87. The maximum Gasteiger partial charge on any atom is 0.163 e. The molecular weight excluding hydrogens is 289 g/mol. The highest BCUT2D eigenvalue weighted by atomic mass is 35.5. The first kappa shape index (κ1) is 14.9. The molecule has 0 amide bonds. The van der Waals surface area contributed by atoms with Crippen molar-refractivity contribution in [1.29, 1.82) is 0 Å². The standard InChI is InChI=1S/C13H17Cl2NO3/c1-13(2)18-7-10(19-13)6-16-5-8-3-9(14)4-11(15)12(8)17/h3-4,10,16-17H,5-7H2,1-2H3. The molecule has 0 spiro atoms. The molecule has 1 heterocycles. The number of ether oxygens (including phenoxy) is 2. The first-order chi connectivity index (χ1) is 8.87. The molecule has 4 nitrogen and oxygen atoms in total. The number of phenolic OH excluding ortho intramolecular Hbond substituents is 1. The van der Waals surface area contributed by atoms with E-state index in [9.17, 15) is 5.11 Å². The van der Waals surface area contributed by atoms with Crippen molar-refractivity contribution < 1.29 is 14.6 Å². The third-order valence-corrected chi connectivity index (χ3v) is 3.37. The lowest BCUT2D eigenvalue weighted by Crippen LogP contribution is -2.30. The number of aromatic hydroxyl groups is 1. The number of hydrogen-bond donors (Lipinski definition) is 2. The first-order valence-electron chi connectivity index (χ1n) is 6.07. The summed E-state index contributed by atoms with van der Waals surface area (Å²) in [5.74, 6) is -0.462. The SMILES string of the molecule is CC1(C)OCC(CNCc2cc(Cl)cc(Cl)c2O)O1. The van der Waals surface area contributed by atoms with Gasteiger partial charge in [0.1, 0.15) is 5.75 Å². The molecule has 1 aromatic carbocycles. The summed E-state index contributed by atoms with van der Waals surface area (Å²) in [5.41, 5.74) is 0.663. The Morgan fingerprint density at radius 1 is 1.42 bits per heavy atom. The van der Waals surface area contributed by atoms with Crippen LogP contribution in [0.4, 0.5) is 0 Å². The molecule has 1 saturated heterocycles. The average Bonchev–Trinajstić information content (AvgIpc) is 2.65. The molecule has 1 aliphatic rings. The van der Waals surface area contributed by atoms with Crippen LogP contribution in [0.1, 0.15) is 19.4 Å². The average molecular weight is 306 g/mol. The van der Waals surface area contributed by atoms with E-state index in [1.807, 2.05) is 13.8 Å². The zero-order chi connectivity index (χ0) is 14.0. The van der Waals surface area contributed by atoms with Gasteiger partial charge in [-0.1, -0.05) is 23.2 Å². The molecule has 6 heteroatoms. The lowest BCUT2D eigenvalue weighted by Gasteiger charge is -2.17. The minimum Gasteiger partial charge on any atom is -0.506 e. The van der Waals surface area contributed by atoms with E-state index in [2.05, 4.69) is 5.32 Å². The van der Waals surface area contributed by atoms with Crippen molar-refractivity contribution in [1.82, 2.24) is 5.32 Å². The highest BCUT2D eigenvalue weighted by molar-refractivity contribution is 6.35. The number of rotatable bonds is 4. The van der Waals surface area contributed by atoms with Gasteiger partial charge in [-0.05, 0) is 26.0 Å². The van der Waals surface area contributed by atoms with E-state index in [4.69, 9.17) is 32.7 Å². The number of benzene rings is 1. The Labute approximate surface area is 122 Å². The topological polar surface area (TPSA) is 50.7 Å². The highest BCUT2D eigenvalue weighted by Crippen LogP contribution is 2.31. The molecule has 0 aromatic heterocycles. The molecule has 19 heavy (non-hydrogen) atoms. The second-order valence-electron chi connectivity index (χ2n) is 4.98. The van der Waals surface area contributed by atoms with Crippen LogP contribution in [0, 0.1) is 0 Å². The molecule has 1 fully saturated rings. The summed E-state index contributed by atoms with van der Waals surface area (Å²) in [6, 6.07) is 3.20. The zero-order valence-corrected chi connectivity index (χ0v) is 12.4. The Hall–Kier alpha value is -0.520. The van der Waals surface area contributed by atoms with Crippen LogP contribution in [-0.2, 0) is 16.0 Å². The van der Waals surface area contributed by atoms with Crippen LogP contribution in [0.25, 0.3) is 0 Å². The predicted molar refractivity (Wildman–Crippen MR) is 74.7 cm³/mol. The van der Waals surface area contributed by atoms with Crippen LogP contribution < -0.4 is 5.32 Å². The van der Waals surface area contributed by atoms with Crippen molar-refractivity contribution in [2.24, 2.45) is 0 Å². The van der Waals surface area contributed by atoms with Gasteiger partial charge in [0.25, 0.3) is 0 Å². The Morgan fingerprint density at radius 3 is 2.79 bits per heavy atom. The smallest absolute Gasteiger partial charge is 0.163 e. The van der Waals surface area contributed by atoms with Crippen molar-refractivity contribution in [2.75, 3.05) is 13.2 Å². The minimum atomic E-state index is -0.520. The van der Waals surface area contributed by atoms with Gasteiger partial charge in [-0.2, -0.15) is 0 Å². The lowest BCUT2D eigenvalue weighted by atomic mass is 10.2. The van der Waals surface area contributed by atoms with Gasteiger partial charge in [-0.15, -0.1) is 0 Å². The van der Waals surface area contributed by atoms with Crippen molar-refractivity contribution in [3.8, 4) is 5.75 Å². The minimum absolute atomic E-state index is 0.00630. The van der Waals surface area contributed by atoms with E-state index in [1.54, 1.807) is 6.07 Å². The molecule has 1 aliphatic heterocycles. The maximum atomic E-state index is 9.81. The molecule has 0 aliphatic carbocycles. The monoisotopic (exact) mass is 305 g/mol. The Bertz CT molecular complexity index is 465. The second kappa shape index (κ2) is 5.85. The summed E-state index contributed by atoms with van der Waals surface area (Å²) < 4.78 is 11.1. The molecule has 1 unspecified atom stereocenters. The van der Waals surface area contributed by atoms with Gasteiger partial charge in [0, 0.05) is 23.7 Å². The summed E-state index contributed by atoms with van der Waals surface area (Å²) in [7, 11) is 0. The lowest BCUT2D eigenvalue weighted by molar-refractivity contribution is -0.137. The van der Waals surface area contributed by atoms with Gasteiger partial charge in [0.2, 0.25) is 0 Å². The number of hydrogen-bond acceptors (Lipinski definition) is 4. The molecule has 1 aromatic rings. The molecule has 106 valence electrons. The van der Waals surface area contributed by atoms with Crippen LogP contribution in [0.3, 0.4) is 0 Å². The molecule has 0 bridgehead atoms. The van der Waals surface area contributed by atoms with Crippen LogP contribution in [0.5, 0.6) is 5.75 Å². The molecule has 1 atom stereocenters. The summed E-state index contributed by atoms with van der Waals surface area (Å²) in [4.78, 5) is 0. The van der Waals surface area contributed by atoms with E-state index in [0.29, 0.717) is 30.3 Å². The molecular formula is C13H17Cl2NO3. The first-order valence-corrected chi connectivity index (χ1v) is 6.82. The fourth-order valence-corrected chi connectivity index (χ4v) is 2.52. The van der Waals surface area contributed by atoms with Crippen LogP contribution in [0.15, 0.2) is 12.1 Å². The zero-order valence-electron chi connectivity index (χ0n) is 10.9. The molecule has 2 N–H and O–H groups in total. The number of phenols is 1. The molecule has 0 radical (unpaired) electrons. The third-order valence-electron chi connectivity index (χ3n) is 2.86. The second-order valence-corrected chi connectivity index (χ2v) is 5.82. The summed E-state index contributed by atoms with van der Waals surface area (Å²) in [5, 5.41) is 13.8. The van der Waals surface area contributed by atoms with E-state index in [1.165, 1.54) is 6.07 Å². The fourth-order valence-electron chi connectivity index (χ4n) is 1.99. The molecule has 0 saturated carbocycles. The van der Waals surface area contributed by atoms with Crippen molar-refractivity contribution >= 4 is 23.2 Å². The Kier molecular flexibility index (Phi) is 4.58. The van der Waals surface area contributed by atoms with E-state index < -0.39 is 5.79 Å². The van der Waals surface area contributed by atoms with E-state index in [0.717, 1.165) is 0 Å². The normalized spacial score (nSPS) is 21.8. The summed E-state index contributed by atoms with van der Waals surface area (Å²) in [6.45, 7) is 5.42.